The molecule has 0 amide bonds. The zero-order valence-corrected chi connectivity index (χ0v) is 34.8. The van der Waals surface area contributed by atoms with Crippen molar-refractivity contribution in [1.82, 2.24) is 0 Å². The van der Waals surface area contributed by atoms with E-state index in [0.29, 0.717) is 5.75 Å². The highest BCUT2D eigenvalue weighted by Gasteiger charge is 2.39. The number of rotatable bonds is 10. The molecule has 0 aliphatic rings. The summed E-state index contributed by atoms with van der Waals surface area (Å²) in [6, 6.07) is 25.7. The first-order chi connectivity index (χ1) is 23.9. The number of terminal acetylenes is 2. The van der Waals surface area contributed by atoms with E-state index in [-0.39, 0.29) is 15.9 Å². The van der Waals surface area contributed by atoms with Crippen LogP contribution in [0, 0.1) is 52.4 Å². The van der Waals surface area contributed by atoms with Crippen molar-refractivity contribution in [3.8, 4) is 36.2 Å². The number of phenols is 1. The summed E-state index contributed by atoms with van der Waals surface area (Å²) in [5.41, 5.74) is 11.6. The first-order valence-electron chi connectivity index (χ1n) is 18.7. The van der Waals surface area contributed by atoms with Gasteiger partial charge in [0.2, 0.25) is 8.32 Å². The Labute approximate surface area is 312 Å². The first-order valence-corrected chi connectivity index (χ1v) is 21.6. The minimum atomic E-state index is -1.86. The molecule has 0 fully saturated rings. The molecule has 2 nitrogen and oxygen atoms in total. The Bertz CT molecular complexity index is 1900. The smallest absolute Gasteiger partial charge is 0.250 e. The summed E-state index contributed by atoms with van der Waals surface area (Å²) < 4.78 is 6.60. The molecule has 0 aromatic heterocycles. The highest BCUT2D eigenvalue weighted by atomic mass is 28.4. The quantitative estimate of drug-likeness (QED) is 0.132. The maximum atomic E-state index is 9.82. The topological polar surface area (TPSA) is 29.5 Å². The maximum absolute atomic E-state index is 9.82. The number of aromatic hydroxyl groups is 1. The van der Waals surface area contributed by atoms with Gasteiger partial charge in [0.25, 0.3) is 0 Å². The second-order valence-corrected chi connectivity index (χ2v) is 20.5. The van der Waals surface area contributed by atoms with E-state index in [1.165, 1.54) is 33.4 Å². The van der Waals surface area contributed by atoms with Gasteiger partial charge in [-0.25, -0.2) is 0 Å². The fourth-order valence-electron chi connectivity index (χ4n) is 7.16. The zero-order chi connectivity index (χ0) is 38.4. The van der Waals surface area contributed by atoms with Gasteiger partial charge in [0, 0.05) is 22.0 Å². The van der Waals surface area contributed by atoms with Crippen LogP contribution in [-0.2, 0) is 10.8 Å². The zero-order valence-electron chi connectivity index (χ0n) is 33.8. The standard InChI is InChI=1S/C27H38OSi.C21H24O/c1-11-22-14-15-23(18-20(22)4)27(12-2,13-3)24-16-17-25(21(5)19-24)28-29(9,10)26(6,7)8;1-6-17-9-10-18(13-15(17)4)21(7-2,8-3)19-11-12-20(22)16(5)14-19/h1,14-19H,12-13H2,2-10H3;1,9-14,22H,7-8H2,2-5H3. The van der Waals surface area contributed by atoms with Crippen molar-refractivity contribution in [1.29, 1.82) is 0 Å². The summed E-state index contributed by atoms with van der Waals surface area (Å²) >= 11 is 0. The lowest BCUT2D eigenvalue weighted by molar-refractivity contribution is 0.461. The van der Waals surface area contributed by atoms with Crippen LogP contribution in [0.2, 0.25) is 18.1 Å². The highest BCUT2D eigenvalue weighted by Crippen LogP contribution is 2.43. The lowest BCUT2D eigenvalue weighted by Gasteiger charge is -2.38. The van der Waals surface area contributed by atoms with Crippen LogP contribution in [0.3, 0.4) is 0 Å². The third kappa shape index (κ3) is 8.49. The predicted octanol–water partition coefficient (Wildman–Crippen LogP) is 12.9. The second kappa shape index (κ2) is 16.4. The van der Waals surface area contributed by atoms with Crippen LogP contribution in [-0.4, -0.2) is 13.4 Å². The molecule has 0 unspecified atom stereocenters. The van der Waals surface area contributed by atoms with E-state index in [1.807, 2.05) is 19.1 Å². The summed E-state index contributed by atoms with van der Waals surface area (Å²) in [4.78, 5) is 0. The van der Waals surface area contributed by atoms with Gasteiger partial charge >= 0.3 is 0 Å². The normalized spacial score (nSPS) is 12.0. The Balaban J connectivity index is 0.000000286. The van der Waals surface area contributed by atoms with E-state index in [2.05, 4.69) is 149 Å². The number of benzene rings is 4. The Morgan fingerprint density at radius 3 is 1.24 bits per heavy atom. The van der Waals surface area contributed by atoms with E-state index in [0.717, 1.165) is 53.7 Å². The Morgan fingerprint density at radius 1 is 0.569 bits per heavy atom. The van der Waals surface area contributed by atoms with Gasteiger partial charge in [-0.05, 0) is 140 Å². The first kappa shape index (κ1) is 41.2. The monoisotopic (exact) mass is 698 g/mol. The molecular formula is C48H62O2Si. The summed E-state index contributed by atoms with van der Waals surface area (Å²) in [5.74, 6) is 6.90. The maximum Gasteiger partial charge on any atom is 0.250 e. The van der Waals surface area contributed by atoms with Crippen molar-refractivity contribution in [3.63, 3.8) is 0 Å². The van der Waals surface area contributed by atoms with Gasteiger partial charge < -0.3 is 9.53 Å². The van der Waals surface area contributed by atoms with Crippen molar-refractivity contribution in [2.45, 2.75) is 131 Å². The van der Waals surface area contributed by atoms with Crippen LogP contribution in [0.1, 0.15) is 130 Å². The van der Waals surface area contributed by atoms with Crippen LogP contribution < -0.4 is 4.43 Å². The molecule has 0 saturated carbocycles. The Morgan fingerprint density at radius 2 is 0.922 bits per heavy atom. The van der Waals surface area contributed by atoms with Gasteiger partial charge in [-0.1, -0.05) is 109 Å². The van der Waals surface area contributed by atoms with Crippen LogP contribution in [0.15, 0.2) is 72.8 Å². The summed E-state index contributed by atoms with van der Waals surface area (Å²) in [7, 11) is -1.86. The number of aryl methyl sites for hydroxylation is 4. The molecular weight excluding hydrogens is 637 g/mol. The number of hydrogen-bond acceptors (Lipinski definition) is 2. The van der Waals surface area contributed by atoms with E-state index < -0.39 is 8.32 Å². The fourth-order valence-corrected chi connectivity index (χ4v) is 8.24. The van der Waals surface area contributed by atoms with E-state index >= 15 is 0 Å². The van der Waals surface area contributed by atoms with Gasteiger partial charge in [-0.15, -0.1) is 12.8 Å². The van der Waals surface area contributed by atoms with E-state index in [9.17, 15) is 5.11 Å². The largest absolute Gasteiger partial charge is 0.543 e. The molecule has 0 atom stereocenters. The summed E-state index contributed by atoms with van der Waals surface area (Å²) in [6.07, 6.45) is 15.3. The minimum Gasteiger partial charge on any atom is -0.543 e. The van der Waals surface area contributed by atoms with E-state index in [4.69, 9.17) is 17.3 Å². The van der Waals surface area contributed by atoms with Gasteiger partial charge in [0.15, 0.2) is 0 Å². The number of phenolic OH excluding ortho intramolecular Hbond substituents is 1. The Hall–Kier alpha value is -4.18. The molecule has 3 heteroatoms. The minimum absolute atomic E-state index is 0.0157. The third-order valence-corrected chi connectivity index (χ3v) is 16.3. The Kier molecular flexibility index (Phi) is 13.3. The second-order valence-electron chi connectivity index (χ2n) is 15.8. The van der Waals surface area contributed by atoms with Gasteiger partial charge in [-0.2, -0.15) is 0 Å². The van der Waals surface area contributed by atoms with Crippen LogP contribution >= 0.6 is 0 Å². The van der Waals surface area contributed by atoms with E-state index in [1.54, 1.807) is 6.07 Å². The SMILES string of the molecule is C#Cc1ccc(C(CC)(CC)c2ccc(O)c(C)c2)cc1C.C#Cc1ccc(C(CC)(CC)c2ccc(O[Si](C)(C)C(C)(C)C)c(C)c2)cc1C. The van der Waals surface area contributed by atoms with Crippen molar-refractivity contribution in [2.75, 3.05) is 0 Å². The molecule has 0 saturated heterocycles. The van der Waals surface area contributed by atoms with Crippen molar-refractivity contribution < 1.29 is 9.53 Å². The molecule has 51 heavy (non-hydrogen) atoms. The summed E-state index contributed by atoms with van der Waals surface area (Å²) in [6.45, 7) is 28.7. The molecule has 4 rings (SSSR count). The molecule has 0 aliphatic carbocycles. The van der Waals surface area contributed by atoms with Crippen molar-refractivity contribution in [2.24, 2.45) is 0 Å². The van der Waals surface area contributed by atoms with Gasteiger partial charge in [0.1, 0.15) is 11.5 Å². The molecule has 1 N–H and O–H groups in total. The lowest BCUT2D eigenvalue weighted by Crippen LogP contribution is -2.44. The lowest BCUT2D eigenvalue weighted by atomic mass is 9.70. The van der Waals surface area contributed by atoms with Gasteiger partial charge in [-0.3, -0.25) is 0 Å². The average Bonchev–Trinajstić information content (AvgIpc) is 3.09. The molecule has 270 valence electrons. The molecule has 4 aromatic carbocycles. The van der Waals surface area contributed by atoms with Gasteiger partial charge in [0.05, 0.1) is 0 Å². The molecule has 0 spiro atoms. The predicted molar refractivity (Wildman–Crippen MR) is 223 cm³/mol. The molecule has 4 aromatic rings. The average molecular weight is 699 g/mol. The van der Waals surface area contributed by atoms with Crippen LogP contribution in [0.25, 0.3) is 0 Å². The fraction of sp³-hybridized carbons (Fsp3) is 0.417. The van der Waals surface area contributed by atoms with Crippen molar-refractivity contribution >= 4 is 8.32 Å². The van der Waals surface area contributed by atoms with Crippen LogP contribution in [0.5, 0.6) is 11.5 Å². The highest BCUT2D eigenvalue weighted by molar-refractivity contribution is 6.74. The molecule has 0 aliphatic heterocycles. The molecule has 0 bridgehead atoms. The summed E-state index contributed by atoms with van der Waals surface area (Å²) in [5, 5.41) is 10.0. The van der Waals surface area contributed by atoms with Crippen LogP contribution in [0.4, 0.5) is 0 Å². The third-order valence-electron chi connectivity index (χ3n) is 11.9. The molecule has 0 radical (unpaired) electrons. The van der Waals surface area contributed by atoms with Crippen molar-refractivity contribution in [3.05, 3.63) is 128 Å². The number of hydrogen-bond donors (Lipinski definition) is 1. The molecule has 0 heterocycles.